The summed E-state index contributed by atoms with van der Waals surface area (Å²) in [6.45, 7) is -1.35. The zero-order valence-electron chi connectivity index (χ0n) is 17.0. The molecule has 1 N–H and O–H groups in total. The highest BCUT2D eigenvalue weighted by molar-refractivity contribution is 6.30. The Hall–Kier alpha value is -2.78. The monoisotopic (exact) mass is 504 g/mol. The van der Waals surface area contributed by atoms with E-state index in [1.807, 2.05) is 0 Å². The molecule has 0 amide bonds. The molecule has 1 aromatic heterocycles. The van der Waals surface area contributed by atoms with Gasteiger partial charge in [-0.05, 0) is 24.3 Å². The quantitative estimate of drug-likeness (QED) is 0.418. The fourth-order valence-corrected chi connectivity index (χ4v) is 3.45. The van der Waals surface area contributed by atoms with Gasteiger partial charge in [-0.3, -0.25) is 13.9 Å². The van der Waals surface area contributed by atoms with Gasteiger partial charge in [0.25, 0.3) is 17.4 Å². The molecule has 2 aromatic carbocycles. The molecule has 1 heterocycles. The van der Waals surface area contributed by atoms with E-state index in [1.54, 1.807) is 0 Å². The van der Waals surface area contributed by atoms with E-state index in [2.05, 4.69) is 0 Å². The number of benzene rings is 2. The Morgan fingerprint density at radius 2 is 1.12 bits per heavy atom. The van der Waals surface area contributed by atoms with E-state index in [4.69, 9.17) is 23.2 Å². The summed E-state index contributed by atoms with van der Waals surface area (Å²) < 4.78 is 59.1. The summed E-state index contributed by atoms with van der Waals surface area (Å²) in [5.74, 6) is -7.60. The van der Waals surface area contributed by atoms with Gasteiger partial charge in [0, 0.05) is 47.1 Å². The van der Waals surface area contributed by atoms with Crippen molar-refractivity contribution in [3.63, 3.8) is 0 Å². The summed E-state index contributed by atoms with van der Waals surface area (Å²) in [6.07, 6.45) is -1.79. The van der Waals surface area contributed by atoms with Crippen molar-refractivity contribution in [1.29, 1.82) is 0 Å². The molecule has 5 nitrogen and oxygen atoms in total. The van der Waals surface area contributed by atoms with Gasteiger partial charge >= 0.3 is 5.69 Å². The first-order valence-electron chi connectivity index (χ1n) is 9.72. The molecule has 0 bridgehead atoms. The molecule has 3 aromatic rings. The molecule has 0 aliphatic rings. The minimum absolute atomic E-state index is 0.266. The molecule has 0 saturated carbocycles. The fraction of sp³-hybridized carbons (Fsp3) is 0.273. The van der Waals surface area contributed by atoms with Crippen molar-refractivity contribution in [2.24, 2.45) is 0 Å². The van der Waals surface area contributed by atoms with Crippen molar-refractivity contribution in [2.45, 2.75) is 37.8 Å². The Labute approximate surface area is 195 Å². The zero-order chi connectivity index (χ0) is 24.4. The minimum Gasteiger partial charge on any atom is -0.494 e. The maximum atomic E-state index is 14.5. The van der Waals surface area contributed by atoms with E-state index in [0.717, 1.165) is 24.3 Å². The third kappa shape index (κ3) is 5.78. The van der Waals surface area contributed by atoms with Crippen LogP contribution >= 0.6 is 23.2 Å². The summed E-state index contributed by atoms with van der Waals surface area (Å²) in [4.78, 5) is 24.8. The minimum atomic E-state index is -3.39. The SMILES string of the molecule is O=c1cc(O)n(CCC(F)(F)c2ccc(Cl)cc2)c(=O)n1CCC(F)(F)c1ccc(Cl)cc1. The topological polar surface area (TPSA) is 64.2 Å². The molecule has 176 valence electrons. The molecular weight excluding hydrogens is 487 g/mol. The first-order valence-corrected chi connectivity index (χ1v) is 10.5. The number of hydrogen-bond acceptors (Lipinski definition) is 3. The van der Waals surface area contributed by atoms with Gasteiger partial charge in [-0.1, -0.05) is 47.5 Å². The highest BCUT2D eigenvalue weighted by atomic mass is 35.5. The lowest BCUT2D eigenvalue weighted by atomic mass is 10.1. The van der Waals surface area contributed by atoms with E-state index >= 15 is 0 Å². The highest BCUT2D eigenvalue weighted by Crippen LogP contribution is 2.34. The van der Waals surface area contributed by atoms with Crippen molar-refractivity contribution < 1.29 is 22.7 Å². The standard InChI is InChI=1S/C22H18Cl2F4N2O3/c23-16-5-1-14(2-6-16)21(25,26)9-11-29-18(31)13-19(32)30(20(29)33)12-10-22(27,28)15-3-7-17(24)8-4-15/h1-8,13,31H,9-12H2. The second-order valence-electron chi connectivity index (χ2n) is 7.35. The Balaban J connectivity index is 1.81. The van der Waals surface area contributed by atoms with Crippen LogP contribution in [0.15, 0.2) is 64.2 Å². The first kappa shape index (κ1) is 24.9. The highest BCUT2D eigenvalue weighted by Gasteiger charge is 2.33. The van der Waals surface area contributed by atoms with E-state index in [9.17, 15) is 32.3 Å². The van der Waals surface area contributed by atoms with Gasteiger partial charge in [0.1, 0.15) is 0 Å². The molecule has 0 unspecified atom stereocenters. The molecule has 0 saturated heterocycles. The van der Waals surface area contributed by atoms with E-state index in [-0.39, 0.29) is 21.2 Å². The molecular formula is C22H18Cl2F4N2O3. The molecule has 0 aliphatic heterocycles. The lowest BCUT2D eigenvalue weighted by molar-refractivity contribution is -0.0193. The summed E-state index contributed by atoms with van der Waals surface area (Å²) in [6, 6.07) is 10.3. The number of hydrogen-bond donors (Lipinski definition) is 1. The average Bonchev–Trinajstić information content (AvgIpc) is 2.73. The second-order valence-corrected chi connectivity index (χ2v) is 8.22. The lowest BCUT2D eigenvalue weighted by Gasteiger charge is -2.20. The van der Waals surface area contributed by atoms with Crippen LogP contribution in [-0.4, -0.2) is 14.2 Å². The maximum Gasteiger partial charge on any atom is 0.333 e. The summed E-state index contributed by atoms with van der Waals surface area (Å²) in [7, 11) is 0. The third-order valence-electron chi connectivity index (χ3n) is 5.09. The number of nitrogens with zero attached hydrogens (tertiary/aromatic N) is 2. The van der Waals surface area contributed by atoms with Gasteiger partial charge in [-0.2, -0.15) is 0 Å². The zero-order valence-corrected chi connectivity index (χ0v) is 18.5. The number of aromatic hydroxyl groups is 1. The third-order valence-corrected chi connectivity index (χ3v) is 5.59. The van der Waals surface area contributed by atoms with Crippen LogP contribution in [0.25, 0.3) is 0 Å². The van der Waals surface area contributed by atoms with Crippen molar-refractivity contribution in [2.75, 3.05) is 0 Å². The van der Waals surface area contributed by atoms with Crippen molar-refractivity contribution >= 4 is 23.2 Å². The van der Waals surface area contributed by atoms with Crippen LogP contribution in [-0.2, 0) is 24.9 Å². The summed E-state index contributed by atoms with van der Waals surface area (Å²) in [5, 5.41) is 10.5. The molecule has 0 spiro atoms. The number of halogens is 6. The maximum absolute atomic E-state index is 14.5. The van der Waals surface area contributed by atoms with Crippen LogP contribution < -0.4 is 11.2 Å². The molecule has 0 fully saturated rings. The Kier molecular flexibility index (Phi) is 7.23. The van der Waals surface area contributed by atoms with Crippen LogP contribution in [0.3, 0.4) is 0 Å². The number of alkyl halides is 4. The van der Waals surface area contributed by atoms with E-state index < -0.39 is 54.9 Å². The molecule has 0 radical (unpaired) electrons. The lowest BCUT2D eigenvalue weighted by Crippen LogP contribution is -2.40. The van der Waals surface area contributed by atoms with Gasteiger partial charge in [-0.15, -0.1) is 0 Å². The Morgan fingerprint density at radius 1 is 0.727 bits per heavy atom. The fourth-order valence-electron chi connectivity index (χ4n) is 3.20. The van der Waals surface area contributed by atoms with Crippen molar-refractivity contribution in [1.82, 2.24) is 9.13 Å². The number of rotatable bonds is 8. The average molecular weight is 505 g/mol. The predicted octanol–water partition coefficient (Wildman–Crippen LogP) is 5.39. The second kappa shape index (κ2) is 9.61. The summed E-state index contributed by atoms with van der Waals surface area (Å²) in [5.41, 5.74) is -2.90. The van der Waals surface area contributed by atoms with Gasteiger partial charge in [0.2, 0.25) is 5.88 Å². The largest absolute Gasteiger partial charge is 0.494 e. The van der Waals surface area contributed by atoms with Crippen LogP contribution in [0.5, 0.6) is 5.88 Å². The molecule has 0 aliphatic carbocycles. The summed E-state index contributed by atoms with van der Waals surface area (Å²) >= 11 is 11.4. The van der Waals surface area contributed by atoms with Crippen molar-refractivity contribution in [3.05, 3.63) is 96.6 Å². The van der Waals surface area contributed by atoms with E-state index in [0.29, 0.717) is 15.2 Å². The molecule has 33 heavy (non-hydrogen) atoms. The normalized spacial score (nSPS) is 12.2. The molecule has 3 rings (SSSR count). The van der Waals surface area contributed by atoms with Crippen LogP contribution in [0, 0.1) is 0 Å². The molecule has 0 atom stereocenters. The Bertz CT molecular complexity index is 1240. The smallest absolute Gasteiger partial charge is 0.333 e. The predicted molar refractivity (Wildman–Crippen MR) is 117 cm³/mol. The van der Waals surface area contributed by atoms with Gasteiger partial charge < -0.3 is 5.11 Å². The van der Waals surface area contributed by atoms with Crippen LogP contribution in [0.4, 0.5) is 17.6 Å². The van der Waals surface area contributed by atoms with Gasteiger partial charge in [0.15, 0.2) is 0 Å². The van der Waals surface area contributed by atoms with Gasteiger partial charge in [0.05, 0.1) is 6.07 Å². The molecule has 11 heteroatoms. The van der Waals surface area contributed by atoms with Crippen LogP contribution in [0.1, 0.15) is 24.0 Å². The van der Waals surface area contributed by atoms with Crippen LogP contribution in [0.2, 0.25) is 10.0 Å². The first-order chi connectivity index (χ1) is 15.4. The number of aromatic nitrogens is 2. The van der Waals surface area contributed by atoms with Crippen molar-refractivity contribution in [3.8, 4) is 5.88 Å². The van der Waals surface area contributed by atoms with E-state index in [1.165, 1.54) is 24.3 Å². The van der Waals surface area contributed by atoms with Gasteiger partial charge in [-0.25, -0.2) is 22.4 Å². The Morgan fingerprint density at radius 3 is 1.55 bits per heavy atom.